The number of alkyl halides is 3. The smallest absolute Gasteiger partial charge is 0.361 e. The molecule has 144 valence electrons. The van der Waals surface area contributed by atoms with E-state index in [9.17, 15) is 22.0 Å². The molecule has 0 spiro atoms. The summed E-state index contributed by atoms with van der Waals surface area (Å²) in [7, 11) is -1.37. The lowest BCUT2D eigenvalue weighted by Gasteiger charge is -2.16. The van der Waals surface area contributed by atoms with Crippen LogP contribution in [0.1, 0.15) is 5.69 Å². The maximum atomic E-state index is 14.2. The van der Waals surface area contributed by atoms with Crippen molar-refractivity contribution in [1.29, 1.82) is 0 Å². The number of ether oxygens (including phenoxy) is 1. The van der Waals surface area contributed by atoms with Gasteiger partial charge in [0.05, 0.1) is 10.0 Å². The Bertz CT molecular complexity index is 786. The number of hydrogen-bond donors (Lipinski definition) is 0. The SMILES string of the molecule is C[Si](C)(C)CCOCn1cc(C(F)(F)F)nc1-c1ccc(Br)c(F)c1F. The molecule has 0 aliphatic carbocycles. The highest BCUT2D eigenvalue weighted by Crippen LogP contribution is 2.33. The summed E-state index contributed by atoms with van der Waals surface area (Å²) in [5, 5.41) is 0. The maximum Gasteiger partial charge on any atom is 0.434 e. The van der Waals surface area contributed by atoms with Gasteiger partial charge in [0.1, 0.15) is 12.6 Å². The van der Waals surface area contributed by atoms with Gasteiger partial charge in [-0.2, -0.15) is 13.2 Å². The zero-order valence-electron chi connectivity index (χ0n) is 14.4. The quantitative estimate of drug-likeness (QED) is 0.233. The molecule has 0 fully saturated rings. The van der Waals surface area contributed by atoms with E-state index in [-0.39, 0.29) is 22.6 Å². The third-order valence-electron chi connectivity index (χ3n) is 3.57. The first-order valence-corrected chi connectivity index (χ1v) is 12.3. The predicted octanol–water partition coefficient (Wildman–Crippen LogP) is 5.92. The van der Waals surface area contributed by atoms with Crippen molar-refractivity contribution in [1.82, 2.24) is 9.55 Å². The lowest BCUT2D eigenvalue weighted by Crippen LogP contribution is -2.22. The minimum Gasteiger partial charge on any atom is -0.361 e. The standard InChI is InChI=1S/C16H18BrF5N2OSi/c1-26(2,3)7-6-25-9-24-8-12(16(20,21)22)23-15(24)10-4-5-11(17)14(19)13(10)18/h4-5,8H,6-7,9H2,1-3H3. The molecule has 0 amide bonds. The first kappa shape index (κ1) is 21.0. The molecule has 0 N–H and O–H groups in total. The Balaban J connectivity index is 2.35. The molecule has 0 radical (unpaired) electrons. The first-order valence-electron chi connectivity index (χ1n) is 7.76. The summed E-state index contributed by atoms with van der Waals surface area (Å²) in [6.07, 6.45) is -3.97. The van der Waals surface area contributed by atoms with Crippen LogP contribution in [-0.2, 0) is 17.6 Å². The van der Waals surface area contributed by atoms with Crippen LogP contribution >= 0.6 is 15.9 Å². The van der Waals surface area contributed by atoms with Crippen LogP contribution in [0, 0.1) is 11.6 Å². The van der Waals surface area contributed by atoms with Crippen molar-refractivity contribution in [3.05, 3.63) is 40.1 Å². The maximum absolute atomic E-state index is 14.2. The van der Waals surface area contributed by atoms with Gasteiger partial charge in [0.15, 0.2) is 17.3 Å². The molecule has 10 heteroatoms. The Morgan fingerprint density at radius 2 is 1.81 bits per heavy atom. The number of nitrogens with zero attached hydrogens (tertiary/aromatic N) is 2. The molecule has 1 aromatic heterocycles. The monoisotopic (exact) mass is 456 g/mol. The minimum absolute atomic E-state index is 0.126. The van der Waals surface area contributed by atoms with E-state index in [2.05, 4.69) is 40.6 Å². The van der Waals surface area contributed by atoms with Gasteiger partial charge in [0, 0.05) is 20.9 Å². The van der Waals surface area contributed by atoms with Gasteiger partial charge in [-0.3, -0.25) is 0 Å². The molecule has 0 aliphatic rings. The lowest BCUT2D eigenvalue weighted by atomic mass is 10.2. The molecule has 0 unspecified atom stereocenters. The number of halogens is 6. The zero-order valence-corrected chi connectivity index (χ0v) is 17.0. The van der Waals surface area contributed by atoms with Gasteiger partial charge in [-0.1, -0.05) is 19.6 Å². The summed E-state index contributed by atoms with van der Waals surface area (Å²) in [6, 6.07) is 3.21. The summed E-state index contributed by atoms with van der Waals surface area (Å²) in [5.41, 5.74) is -1.56. The fourth-order valence-corrected chi connectivity index (χ4v) is 3.17. The molecule has 26 heavy (non-hydrogen) atoms. The van der Waals surface area contributed by atoms with E-state index >= 15 is 0 Å². The van der Waals surface area contributed by atoms with E-state index in [4.69, 9.17) is 4.74 Å². The Kier molecular flexibility index (Phi) is 6.29. The molecule has 0 atom stereocenters. The van der Waals surface area contributed by atoms with Crippen molar-refractivity contribution < 1.29 is 26.7 Å². The Morgan fingerprint density at radius 3 is 2.38 bits per heavy atom. The molecule has 3 nitrogen and oxygen atoms in total. The van der Waals surface area contributed by atoms with Crippen LogP contribution in [0.25, 0.3) is 11.4 Å². The van der Waals surface area contributed by atoms with Gasteiger partial charge in [-0.05, 0) is 34.1 Å². The molecule has 2 rings (SSSR count). The summed E-state index contributed by atoms with van der Waals surface area (Å²) in [4.78, 5) is 3.46. The number of aromatic nitrogens is 2. The van der Waals surface area contributed by atoms with Crippen molar-refractivity contribution >= 4 is 24.0 Å². The van der Waals surface area contributed by atoms with E-state index in [1.54, 1.807) is 0 Å². The second-order valence-electron chi connectivity index (χ2n) is 6.99. The molecule has 0 bridgehead atoms. The number of rotatable bonds is 6. The predicted molar refractivity (Wildman–Crippen MR) is 94.4 cm³/mol. The van der Waals surface area contributed by atoms with Crippen LogP contribution in [0.5, 0.6) is 0 Å². The first-order chi connectivity index (χ1) is 11.9. The van der Waals surface area contributed by atoms with Gasteiger partial charge >= 0.3 is 6.18 Å². The van der Waals surface area contributed by atoms with Gasteiger partial charge in [0.25, 0.3) is 0 Å². The van der Waals surface area contributed by atoms with Crippen LogP contribution in [0.2, 0.25) is 25.7 Å². The fraction of sp³-hybridized carbons (Fsp3) is 0.438. The highest BCUT2D eigenvalue weighted by atomic mass is 79.9. The van der Waals surface area contributed by atoms with Crippen LogP contribution in [0.3, 0.4) is 0 Å². The van der Waals surface area contributed by atoms with E-state index in [0.717, 1.165) is 16.8 Å². The van der Waals surface area contributed by atoms with Gasteiger partial charge in [-0.15, -0.1) is 0 Å². The summed E-state index contributed by atoms with van der Waals surface area (Å²) in [5.74, 6) is -2.80. The molecular weight excluding hydrogens is 439 g/mol. The topological polar surface area (TPSA) is 27.1 Å². The summed E-state index contributed by atoms with van der Waals surface area (Å²) < 4.78 is 73.3. The lowest BCUT2D eigenvalue weighted by molar-refractivity contribution is -0.141. The second kappa shape index (κ2) is 7.77. The molecule has 2 aromatic rings. The van der Waals surface area contributed by atoms with E-state index in [1.807, 2.05) is 0 Å². The van der Waals surface area contributed by atoms with Gasteiger partial charge in [-0.25, -0.2) is 13.8 Å². The van der Waals surface area contributed by atoms with Crippen LogP contribution in [0.15, 0.2) is 22.8 Å². The molecular formula is C16H18BrF5N2OSi. The highest BCUT2D eigenvalue weighted by Gasteiger charge is 2.35. The van der Waals surface area contributed by atoms with Crippen molar-refractivity contribution in [2.75, 3.05) is 6.61 Å². The van der Waals surface area contributed by atoms with Crippen LogP contribution in [0.4, 0.5) is 22.0 Å². The second-order valence-corrected chi connectivity index (χ2v) is 13.5. The molecule has 0 aliphatic heterocycles. The highest BCUT2D eigenvalue weighted by molar-refractivity contribution is 9.10. The van der Waals surface area contributed by atoms with E-state index < -0.39 is 31.6 Å². The Morgan fingerprint density at radius 1 is 1.15 bits per heavy atom. The van der Waals surface area contributed by atoms with E-state index in [1.165, 1.54) is 12.1 Å². The third-order valence-corrected chi connectivity index (χ3v) is 5.89. The number of imidazole rings is 1. The van der Waals surface area contributed by atoms with E-state index in [0.29, 0.717) is 6.61 Å². The Hall–Kier alpha value is -1.26. The number of benzene rings is 1. The van der Waals surface area contributed by atoms with Gasteiger partial charge in [0.2, 0.25) is 0 Å². The molecule has 1 aromatic carbocycles. The third kappa shape index (κ3) is 5.14. The zero-order chi connectivity index (χ0) is 19.7. The number of hydrogen-bond acceptors (Lipinski definition) is 2. The normalized spacial score (nSPS) is 12.7. The molecule has 0 saturated carbocycles. The summed E-state index contributed by atoms with van der Waals surface area (Å²) in [6.45, 7) is 6.55. The van der Waals surface area contributed by atoms with Crippen molar-refractivity contribution in [3.8, 4) is 11.4 Å². The average molecular weight is 457 g/mol. The molecule has 0 saturated heterocycles. The molecule has 1 heterocycles. The summed E-state index contributed by atoms with van der Waals surface area (Å²) >= 11 is 2.83. The van der Waals surface area contributed by atoms with Gasteiger partial charge < -0.3 is 9.30 Å². The minimum atomic E-state index is -4.71. The van der Waals surface area contributed by atoms with Crippen molar-refractivity contribution in [3.63, 3.8) is 0 Å². The largest absolute Gasteiger partial charge is 0.434 e. The van der Waals surface area contributed by atoms with Crippen molar-refractivity contribution in [2.24, 2.45) is 0 Å². The Labute approximate surface area is 157 Å². The van der Waals surface area contributed by atoms with Crippen LogP contribution in [-0.4, -0.2) is 24.2 Å². The fourth-order valence-electron chi connectivity index (χ4n) is 2.11. The van der Waals surface area contributed by atoms with Crippen LogP contribution < -0.4 is 0 Å². The van der Waals surface area contributed by atoms with Crippen molar-refractivity contribution in [2.45, 2.75) is 38.6 Å². The average Bonchev–Trinajstić information content (AvgIpc) is 2.93.